The summed E-state index contributed by atoms with van der Waals surface area (Å²) in [5.74, 6) is 0.335. The number of ketones is 1. The number of carbonyl (C=O) groups is 2. The van der Waals surface area contributed by atoms with Crippen molar-refractivity contribution < 1.29 is 9.59 Å². The molecule has 0 atom stereocenters. The molecule has 1 amide bonds. The Balaban J connectivity index is 2.23. The summed E-state index contributed by atoms with van der Waals surface area (Å²) < 4.78 is 0. The molecule has 106 valence electrons. The van der Waals surface area contributed by atoms with E-state index in [2.05, 4.69) is 6.07 Å². The molecule has 0 radical (unpaired) electrons. The van der Waals surface area contributed by atoms with Gasteiger partial charge in [-0.2, -0.15) is 0 Å². The number of nitrogens with zero attached hydrogens (tertiary/aromatic N) is 1. The van der Waals surface area contributed by atoms with Crippen LogP contribution in [0.15, 0.2) is 24.3 Å². The first kappa shape index (κ1) is 14.5. The highest BCUT2D eigenvalue weighted by atomic mass is 16.2. The quantitative estimate of drug-likeness (QED) is 0.842. The van der Waals surface area contributed by atoms with E-state index >= 15 is 0 Å². The molecule has 1 aliphatic heterocycles. The van der Waals surface area contributed by atoms with E-state index in [1.807, 2.05) is 45.2 Å². The van der Waals surface area contributed by atoms with Crippen LogP contribution in [-0.4, -0.2) is 18.7 Å². The third kappa shape index (κ3) is 2.53. The van der Waals surface area contributed by atoms with Gasteiger partial charge in [-0.05, 0) is 50.5 Å². The highest BCUT2D eigenvalue weighted by Crippen LogP contribution is 2.41. The van der Waals surface area contributed by atoms with E-state index in [0.29, 0.717) is 6.42 Å². The van der Waals surface area contributed by atoms with Crippen LogP contribution in [0.25, 0.3) is 6.08 Å². The fourth-order valence-electron chi connectivity index (χ4n) is 2.60. The Morgan fingerprint density at radius 2 is 2.05 bits per heavy atom. The van der Waals surface area contributed by atoms with Crippen LogP contribution in [0.2, 0.25) is 0 Å². The number of rotatable bonds is 4. The van der Waals surface area contributed by atoms with Gasteiger partial charge >= 0.3 is 0 Å². The predicted octanol–water partition coefficient (Wildman–Crippen LogP) is 3.32. The molecule has 1 aromatic rings. The summed E-state index contributed by atoms with van der Waals surface area (Å²) in [4.78, 5) is 24.8. The number of anilines is 1. The van der Waals surface area contributed by atoms with Gasteiger partial charge in [0.15, 0.2) is 0 Å². The van der Waals surface area contributed by atoms with Gasteiger partial charge in [0.05, 0.1) is 5.41 Å². The Morgan fingerprint density at radius 1 is 1.35 bits per heavy atom. The van der Waals surface area contributed by atoms with Gasteiger partial charge in [-0.15, -0.1) is 0 Å². The summed E-state index contributed by atoms with van der Waals surface area (Å²) >= 11 is 0. The van der Waals surface area contributed by atoms with Crippen LogP contribution in [-0.2, 0) is 15.0 Å². The summed E-state index contributed by atoms with van der Waals surface area (Å²) in [5, 5.41) is 0. The molecule has 0 aromatic heterocycles. The molecule has 0 unspecified atom stereocenters. The summed E-state index contributed by atoms with van der Waals surface area (Å²) in [6.07, 6.45) is 5.36. The lowest BCUT2D eigenvalue weighted by atomic mass is 9.85. The normalized spacial score (nSPS) is 16.8. The number of hydrogen-bond acceptors (Lipinski definition) is 2. The Kier molecular flexibility index (Phi) is 3.80. The van der Waals surface area contributed by atoms with Crippen LogP contribution >= 0.6 is 0 Å². The predicted molar refractivity (Wildman–Crippen MR) is 81.8 cm³/mol. The van der Waals surface area contributed by atoms with Crippen LogP contribution < -0.4 is 4.90 Å². The summed E-state index contributed by atoms with van der Waals surface area (Å²) in [7, 11) is 1.82. The average Bonchev–Trinajstić information content (AvgIpc) is 2.56. The number of fused-ring (bicyclic) bond motifs is 1. The van der Waals surface area contributed by atoms with E-state index in [0.717, 1.165) is 23.2 Å². The van der Waals surface area contributed by atoms with Crippen molar-refractivity contribution in [3.63, 3.8) is 0 Å². The number of amides is 1. The van der Waals surface area contributed by atoms with Crippen LogP contribution in [0.1, 0.15) is 44.7 Å². The van der Waals surface area contributed by atoms with Crippen molar-refractivity contribution in [2.45, 2.75) is 39.0 Å². The summed E-state index contributed by atoms with van der Waals surface area (Å²) in [6, 6.07) is 6.07. The van der Waals surface area contributed by atoms with E-state index in [4.69, 9.17) is 0 Å². The van der Waals surface area contributed by atoms with Crippen LogP contribution in [0.5, 0.6) is 0 Å². The molecule has 20 heavy (non-hydrogen) atoms. The molecule has 3 nitrogen and oxygen atoms in total. The number of likely N-dealkylation sites (N-methyl/N-ethyl adjacent to an activating group) is 1. The Morgan fingerprint density at radius 3 is 2.70 bits per heavy atom. The number of benzene rings is 1. The third-order valence-corrected chi connectivity index (χ3v) is 3.87. The second-order valence-electron chi connectivity index (χ2n) is 5.91. The first-order valence-corrected chi connectivity index (χ1v) is 6.92. The van der Waals surface area contributed by atoms with Gasteiger partial charge in [-0.25, -0.2) is 0 Å². The second kappa shape index (κ2) is 5.23. The lowest BCUT2D eigenvalue weighted by Gasteiger charge is -2.16. The standard InChI is InChI=1S/C17H21NO2/c1-12(19)7-5-6-8-13-9-10-15-14(11-13)17(2,3)16(20)18(15)4/h6,8-11H,5,7H2,1-4H3/b8-6+. The van der Waals surface area contributed by atoms with Crippen molar-refractivity contribution in [2.24, 2.45) is 0 Å². The van der Waals surface area contributed by atoms with Gasteiger partial charge in [0.2, 0.25) is 5.91 Å². The van der Waals surface area contributed by atoms with Crippen molar-refractivity contribution in [1.29, 1.82) is 0 Å². The molecule has 1 aliphatic rings. The number of carbonyl (C=O) groups excluding carboxylic acids is 2. The molecule has 1 heterocycles. The summed E-state index contributed by atoms with van der Waals surface area (Å²) in [6.45, 7) is 5.52. The summed E-state index contributed by atoms with van der Waals surface area (Å²) in [5.41, 5.74) is 2.66. The minimum atomic E-state index is -0.465. The van der Waals surface area contributed by atoms with Crippen molar-refractivity contribution in [3.05, 3.63) is 35.4 Å². The van der Waals surface area contributed by atoms with Crippen molar-refractivity contribution in [3.8, 4) is 0 Å². The molecule has 3 heteroatoms. The highest BCUT2D eigenvalue weighted by Gasteiger charge is 2.41. The SMILES string of the molecule is CC(=O)CC/C=C/c1ccc2c(c1)C(C)(C)C(=O)N2C. The minimum Gasteiger partial charge on any atom is -0.314 e. The molecular weight excluding hydrogens is 250 g/mol. The number of Topliss-reactive ketones (excluding diaryl/α,β-unsaturated/α-hetero) is 1. The third-order valence-electron chi connectivity index (χ3n) is 3.87. The van der Waals surface area contributed by atoms with Crippen molar-refractivity contribution in [1.82, 2.24) is 0 Å². The molecule has 0 fully saturated rings. The Hall–Kier alpha value is -1.90. The van der Waals surface area contributed by atoms with Gasteiger partial charge in [0, 0.05) is 19.2 Å². The van der Waals surface area contributed by atoms with Gasteiger partial charge in [0.25, 0.3) is 0 Å². The molecule has 0 saturated heterocycles. The van der Waals surface area contributed by atoms with Crippen LogP contribution in [0.4, 0.5) is 5.69 Å². The maximum absolute atomic E-state index is 12.2. The molecule has 0 N–H and O–H groups in total. The highest BCUT2D eigenvalue weighted by molar-refractivity contribution is 6.07. The van der Waals surface area contributed by atoms with Crippen LogP contribution in [0.3, 0.4) is 0 Å². The van der Waals surface area contributed by atoms with Gasteiger partial charge in [-0.1, -0.05) is 18.2 Å². The Labute approximate surface area is 120 Å². The molecule has 1 aromatic carbocycles. The van der Waals surface area contributed by atoms with E-state index in [1.165, 1.54) is 0 Å². The molecule has 0 spiro atoms. The van der Waals surface area contributed by atoms with E-state index in [1.54, 1.807) is 11.8 Å². The van der Waals surface area contributed by atoms with Gasteiger partial charge in [0.1, 0.15) is 5.78 Å². The maximum Gasteiger partial charge on any atom is 0.236 e. The van der Waals surface area contributed by atoms with E-state index in [-0.39, 0.29) is 11.7 Å². The maximum atomic E-state index is 12.2. The largest absolute Gasteiger partial charge is 0.314 e. The molecule has 0 aliphatic carbocycles. The molecule has 0 bridgehead atoms. The zero-order chi connectivity index (χ0) is 14.9. The van der Waals surface area contributed by atoms with Crippen molar-refractivity contribution >= 4 is 23.5 Å². The molecule has 2 rings (SSSR count). The van der Waals surface area contributed by atoms with Crippen LogP contribution in [0, 0.1) is 0 Å². The lowest BCUT2D eigenvalue weighted by molar-refractivity contribution is -0.121. The average molecular weight is 271 g/mol. The fourth-order valence-corrected chi connectivity index (χ4v) is 2.60. The fraction of sp³-hybridized carbons (Fsp3) is 0.412. The Bertz CT molecular complexity index is 585. The van der Waals surface area contributed by atoms with Gasteiger partial charge in [-0.3, -0.25) is 4.79 Å². The lowest BCUT2D eigenvalue weighted by Crippen LogP contribution is -2.33. The zero-order valence-electron chi connectivity index (χ0n) is 12.6. The molecular formula is C17H21NO2. The second-order valence-corrected chi connectivity index (χ2v) is 5.91. The minimum absolute atomic E-state index is 0.130. The van der Waals surface area contributed by atoms with Crippen molar-refractivity contribution in [2.75, 3.05) is 11.9 Å². The number of allylic oxidation sites excluding steroid dienone is 1. The number of hydrogen-bond donors (Lipinski definition) is 0. The zero-order valence-corrected chi connectivity index (χ0v) is 12.6. The van der Waals surface area contributed by atoms with E-state index < -0.39 is 5.41 Å². The first-order chi connectivity index (χ1) is 9.34. The van der Waals surface area contributed by atoms with Gasteiger partial charge < -0.3 is 9.69 Å². The smallest absolute Gasteiger partial charge is 0.236 e. The molecule has 0 saturated carbocycles. The monoisotopic (exact) mass is 271 g/mol. The first-order valence-electron chi connectivity index (χ1n) is 6.92. The topological polar surface area (TPSA) is 37.4 Å². The van der Waals surface area contributed by atoms with E-state index in [9.17, 15) is 9.59 Å².